The fourth-order valence-electron chi connectivity index (χ4n) is 4.43. The van der Waals surface area contributed by atoms with Crippen molar-refractivity contribution >= 4 is 27.0 Å². The lowest BCUT2D eigenvalue weighted by molar-refractivity contribution is -0.138. The van der Waals surface area contributed by atoms with Gasteiger partial charge in [-0.3, -0.25) is 9.36 Å². The van der Waals surface area contributed by atoms with Crippen LogP contribution in [0.4, 0.5) is 0 Å². The average molecular weight is 422 g/mol. The number of carbonyl (C=O) groups excluding carboxylic acids is 1. The molecule has 1 aromatic heterocycles. The van der Waals surface area contributed by atoms with Gasteiger partial charge in [-0.15, -0.1) is 0 Å². The first-order valence-corrected chi connectivity index (χ1v) is 11.6. The van der Waals surface area contributed by atoms with E-state index in [1.54, 1.807) is 13.1 Å². The number of fused-ring (bicyclic) bond motifs is 1. The van der Waals surface area contributed by atoms with E-state index in [1.807, 2.05) is 4.90 Å². The van der Waals surface area contributed by atoms with Crippen LogP contribution in [0, 0.1) is 11.8 Å². The summed E-state index contributed by atoms with van der Waals surface area (Å²) in [6.45, 7) is 4.25. The minimum Gasteiger partial charge on any atom is -0.408 e. The number of carbonyl (C=O) groups is 1. The summed E-state index contributed by atoms with van der Waals surface area (Å²) >= 11 is 0. The maximum absolute atomic E-state index is 13.2. The quantitative estimate of drug-likeness (QED) is 0.753. The minimum absolute atomic E-state index is 0.0703. The molecule has 2 aliphatic heterocycles. The normalized spacial score (nSPS) is 24.1. The van der Waals surface area contributed by atoms with Crippen LogP contribution in [0.25, 0.3) is 11.1 Å². The lowest BCUT2D eigenvalue weighted by Crippen LogP contribution is -2.48. The third kappa shape index (κ3) is 3.73. The van der Waals surface area contributed by atoms with E-state index in [2.05, 4.69) is 6.92 Å². The Hall–Kier alpha value is -2.13. The highest BCUT2D eigenvalue weighted by atomic mass is 32.2. The Morgan fingerprint density at radius 3 is 2.66 bits per heavy atom. The molecule has 0 aliphatic carbocycles. The second-order valence-corrected chi connectivity index (χ2v) is 10.2. The van der Waals surface area contributed by atoms with Crippen LogP contribution in [0.5, 0.6) is 0 Å². The van der Waals surface area contributed by atoms with Crippen LogP contribution >= 0.6 is 0 Å². The summed E-state index contributed by atoms with van der Waals surface area (Å²) < 4.78 is 34.3. The number of hydrogen-bond acceptors (Lipinski definition) is 5. The molecule has 4 rings (SSSR count). The molecule has 158 valence electrons. The molecule has 0 spiro atoms. The van der Waals surface area contributed by atoms with Gasteiger partial charge in [0.1, 0.15) is 0 Å². The predicted octanol–water partition coefficient (Wildman–Crippen LogP) is 1.79. The van der Waals surface area contributed by atoms with Gasteiger partial charge in [-0.2, -0.15) is 4.31 Å². The van der Waals surface area contributed by atoms with Crippen LogP contribution < -0.4 is 5.76 Å². The van der Waals surface area contributed by atoms with Crippen molar-refractivity contribution in [1.82, 2.24) is 13.8 Å². The molecule has 2 aromatic rings. The van der Waals surface area contributed by atoms with Gasteiger partial charge < -0.3 is 9.32 Å². The van der Waals surface area contributed by atoms with E-state index in [9.17, 15) is 18.0 Å². The highest BCUT2D eigenvalue weighted by Gasteiger charge is 2.36. The monoisotopic (exact) mass is 421 g/mol. The van der Waals surface area contributed by atoms with Gasteiger partial charge in [-0.05, 0) is 43.7 Å². The highest BCUT2D eigenvalue weighted by molar-refractivity contribution is 7.89. The zero-order valence-electron chi connectivity index (χ0n) is 16.8. The number of sulfonamides is 1. The zero-order valence-corrected chi connectivity index (χ0v) is 17.7. The van der Waals surface area contributed by atoms with E-state index in [1.165, 1.54) is 21.0 Å². The van der Waals surface area contributed by atoms with Gasteiger partial charge in [0, 0.05) is 39.3 Å². The molecule has 3 heterocycles. The predicted molar refractivity (Wildman–Crippen MR) is 108 cm³/mol. The number of rotatable bonds is 3. The summed E-state index contributed by atoms with van der Waals surface area (Å²) in [6, 6.07) is 4.46. The number of hydrogen-bond donors (Lipinski definition) is 0. The molecule has 9 heteroatoms. The molecular weight excluding hydrogens is 394 g/mol. The van der Waals surface area contributed by atoms with Crippen molar-refractivity contribution in [3.63, 3.8) is 0 Å². The minimum atomic E-state index is -3.77. The SMILES string of the molecule is C[C@H]1CCCN(C(=O)[C@H]2CCCN(S(=O)(=O)c3ccc4c(c3)oc(=O)n4C)C2)C1. The molecule has 2 fully saturated rings. The fraction of sp³-hybridized carbons (Fsp3) is 0.600. The van der Waals surface area contributed by atoms with Gasteiger partial charge in [0.25, 0.3) is 0 Å². The van der Waals surface area contributed by atoms with Crippen molar-refractivity contribution < 1.29 is 17.6 Å². The van der Waals surface area contributed by atoms with Crippen LogP contribution in [-0.4, -0.2) is 54.3 Å². The number of piperidine rings is 2. The summed E-state index contributed by atoms with van der Waals surface area (Å²) in [4.78, 5) is 26.6. The molecule has 0 N–H and O–H groups in total. The lowest BCUT2D eigenvalue weighted by atomic mass is 9.94. The van der Waals surface area contributed by atoms with Gasteiger partial charge in [-0.1, -0.05) is 6.92 Å². The van der Waals surface area contributed by atoms with E-state index in [0.29, 0.717) is 30.8 Å². The van der Waals surface area contributed by atoms with Crippen molar-refractivity contribution in [2.24, 2.45) is 18.9 Å². The second-order valence-electron chi connectivity index (χ2n) is 8.29. The van der Waals surface area contributed by atoms with Gasteiger partial charge in [0.15, 0.2) is 5.58 Å². The summed E-state index contributed by atoms with van der Waals surface area (Å²) in [5.41, 5.74) is 0.783. The standard InChI is InChI=1S/C20H27N3O5S/c1-14-5-3-9-22(12-14)19(24)15-6-4-10-23(13-15)29(26,27)16-7-8-17-18(11-16)28-20(25)21(17)2/h7-8,11,14-15H,3-6,9-10,12-13H2,1-2H3/t14-,15-/m0/s1. The number of aromatic nitrogens is 1. The Bertz CT molecular complexity index is 1090. The van der Waals surface area contributed by atoms with Crippen molar-refractivity contribution in [3.8, 4) is 0 Å². The number of nitrogens with zero attached hydrogens (tertiary/aromatic N) is 3. The number of likely N-dealkylation sites (tertiary alicyclic amines) is 1. The molecule has 0 saturated carbocycles. The Labute approximate surface area is 170 Å². The fourth-order valence-corrected chi connectivity index (χ4v) is 5.97. The van der Waals surface area contributed by atoms with Crippen LogP contribution in [0.2, 0.25) is 0 Å². The Morgan fingerprint density at radius 2 is 1.90 bits per heavy atom. The third-order valence-electron chi connectivity index (χ3n) is 6.10. The first kappa shape index (κ1) is 20.2. The lowest BCUT2D eigenvalue weighted by Gasteiger charge is -2.37. The maximum Gasteiger partial charge on any atom is 0.419 e. The van der Waals surface area contributed by atoms with Crippen LogP contribution in [0.1, 0.15) is 32.6 Å². The first-order valence-electron chi connectivity index (χ1n) is 10.2. The van der Waals surface area contributed by atoms with Gasteiger partial charge in [0.05, 0.1) is 16.3 Å². The second kappa shape index (κ2) is 7.60. The molecule has 2 saturated heterocycles. The Morgan fingerprint density at radius 1 is 1.14 bits per heavy atom. The van der Waals surface area contributed by atoms with Crippen molar-refractivity contribution in [2.75, 3.05) is 26.2 Å². The van der Waals surface area contributed by atoms with Crippen molar-refractivity contribution in [2.45, 2.75) is 37.5 Å². The van der Waals surface area contributed by atoms with E-state index < -0.39 is 15.8 Å². The average Bonchev–Trinajstić information content (AvgIpc) is 3.00. The summed E-state index contributed by atoms with van der Waals surface area (Å²) in [5, 5.41) is 0. The summed E-state index contributed by atoms with van der Waals surface area (Å²) in [6.07, 6.45) is 3.50. The van der Waals surface area contributed by atoms with Gasteiger partial charge in [-0.25, -0.2) is 13.2 Å². The number of amides is 1. The molecule has 0 radical (unpaired) electrons. The van der Waals surface area contributed by atoms with E-state index in [0.717, 1.165) is 25.9 Å². The highest BCUT2D eigenvalue weighted by Crippen LogP contribution is 2.28. The largest absolute Gasteiger partial charge is 0.419 e. The van der Waals surface area contributed by atoms with E-state index in [-0.39, 0.29) is 28.8 Å². The maximum atomic E-state index is 13.2. The molecule has 29 heavy (non-hydrogen) atoms. The van der Waals surface area contributed by atoms with Gasteiger partial charge in [0.2, 0.25) is 15.9 Å². The van der Waals surface area contributed by atoms with Crippen molar-refractivity contribution in [3.05, 3.63) is 28.7 Å². The van der Waals surface area contributed by atoms with E-state index >= 15 is 0 Å². The summed E-state index contributed by atoms with van der Waals surface area (Å²) in [7, 11) is -2.20. The molecule has 0 unspecified atom stereocenters. The van der Waals surface area contributed by atoms with E-state index in [4.69, 9.17) is 4.42 Å². The number of benzene rings is 1. The number of oxazole rings is 1. The molecule has 0 bridgehead atoms. The molecule has 2 atom stereocenters. The third-order valence-corrected chi connectivity index (χ3v) is 7.96. The molecule has 1 amide bonds. The smallest absolute Gasteiger partial charge is 0.408 e. The molecule has 2 aliphatic rings. The Balaban J connectivity index is 1.55. The molecule has 8 nitrogen and oxygen atoms in total. The first-order chi connectivity index (χ1) is 13.8. The zero-order chi connectivity index (χ0) is 20.8. The van der Waals surface area contributed by atoms with Crippen molar-refractivity contribution in [1.29, 1.82) is 0 Å². The number of aryl methyl sites for hydroxylation is 1. The molecule has 1 aromatic carbocycles. The Kier molecular flexibility index (Phi) is 5.29. The van der Waals surface area contributed by atoms with Crippen LogP contribution in [0.3, 0.4) is 0 Å². The molecular formula is C20H27N3O5S. The topological polar surface area (TPSA) is 92.8 Å². The van der Waals surface area contributed by atoms with Crippen LogP contribution in [0.15, 0.2) is 32.3 Å². The van der Waals surface area contributed by atoms with Gasteiger partial charge >= 0.3 is 5.76 Å². The summed E-state index contributed by atoms with van der Waals surface area (Å²) in [5.74, 6) is -0.277. The van der Waals surface area contributed by atoms with Crippen LogP contribution in [-0.2, 0) is 21.9 Å².